The molecule has 2 atom stereocenters. The Labute approximate surface area is 218 Å². The molecule has 0 bridgehead atoms. The Morgan fingerprint density at radius 1 is 1.00 bits per heavy atom. The van der Waals surface area contributed by atoms with E-state index in [1.807, 2.05) is 78.9 Å². The van der Waals surface area contributed by atoms with Gasteiger partial charge in [0.05, 0.1) is 0 Å². The van der Waals surface area contributed by atoms with Crippen LogP contribution in [-0.4, -0.2) is 39.5 Å². The second-order valence-electron chi connectivity index (χ2n) is 9.68. The first kappa shape index (κ1) is 23.7. The number of anilines is 2. The van der Waals surface area contributed by atoms with Crippen molar-refractivity contribution in [2.75, 3.05) is 16.8 Å². The van der Waals surface area contributed by atoms with Gasteiger partial charge in [-0.25, -0.2) is 14.8 Å². The van der Waals surface area contributed by atoms with Crippen LogP contribution < -0.4 is 10.2 Å². The van der Waals surface area contributed by atoms with Gasteiger partial charge in [0.15, 0.2) is 11.4 Å². The third-order valence-corrected chi connectivity index (χ3v) is 6.99. The Balaban J connectivity index is 1.23. The standard InChI is InChI=1S/C30H26N4O4/c1-18-31-27-23-12-5-6-13-25(23)38-28(27)29(32-18)34-17-19(14-24(34)30(36)37)15-26(35)33-22-11-7-10-21(16-22)20-8-3-2-4-9-20/h2-13,16,19,24H,14-15,17H2,1H3,(H,33,35)(H,36,37)/t19-,24+/m1/s1. The lowest BCUT2D eigenvalue weighted by Gasteiger charge is -2.22. The van der Waals surface area contributed by atoms with Gasteiger partial charge in [-0.15, -0.1) is 0 Å². The van der Waals surface area contributed by atoms with E-state index in [9.17, 15) is 14.7 Å². The topological polar surface area (TPSA) is 109 Å². The van der Waals surface area contributed by atoms with Crippen molar-refractivity contribution in [3.8, 4) is 11.1 Å². The number of para-hydroxylation sites is 1. The quantitative estimate of drug-likeness (QED) is 0.306. The maximum Gasteiger partial charge on any atom is 0.326 e. The van der Waals surface area contributed by atoms with Gasteiger partial charge < -0.3 is 19.7 Å². The number of carbonyl (C=O) groups excluding carboxylic acids is 1. The molecular weight excluding hydrogens is 480 g/mol. The van der Waals surface area contributed by atoms with Crippen LogP contribution in [0.4, 0.5) is 11.5 Å². The monoisotopic (exact) mass is 506 g/mol. The molecule has 5 aromatic rings. The number of hydrogen-bond donors (Lipinski definition) is 2. The Bertz CT molecular complexity index is 1660. The molecule has 6 rings (SSSR count). The fourth-order valence-electron chi connectivity index (χ4n) is 5.30. The van der Waals surface area contributed by atoms with Crippen LogP contribution in [0, 0.1) is 12.8 Å². The fraction of sp³-hybridized carbons (Fsp3) is 0.200. The number of fused-ring (bicyclic) bond motifs is 3. The minimum Gasteiger partial charge on any atom is -0.480 e. The second kappa shape index (κ2) is 9.63. The highest BCUT2D eigenvalue weighted by atomic mass is 16.4. The summed E-state index contributed by atoms with van der Waals surface area (Å²) in [6, 6.07) is 24.4. The molecule has 38 heavy (non-hydrogen) atoms. The van der Waals surface area contributed by atoms with Crippen LogP contribution in [0.15, 0.2) is 83.3 Å². The number of hydrogen-bond acceptors (Lipinski definition) is 6. The molecule has 190 valence electrons. The van der Waals surface area contributed by atoms with Gasteiger partial charge in [-0.05, 0) is 54.7 Å². The van der Waals surface area contributed by atoms with Crippen LogP contribution in [-0.2, 0) is 9.59 Å². The molecule has 1 amide bonds. The predicted octanol–water partition coefficient (Wildman–Crippen LogP) is 5.66. The number of rotatable bonds is 6. The SMILES string of the molecule is Cc1nc(N2C[C@@H](CC(=O)Nc3cccc(-c4ccccc4)c3)C[C@H]2C(=O)O)c2oc3ccccc3c2n1. The molecule has 1 saturated heterocycles. The molecule has 2 aromatic heterocycles. The van der Waals surface area contributed by atoms with E-state index in [1.165, 1.54) is 0 Å². The van der Waals surface area contributed by atoms with Gasteiger partial charge in [0.25, 0.3) is 0 Å². The lowest BCUT2D eigenvalue weighted by molar-refractivity contribution is -0.138. The summed E-state index contributed by atoms with van der Waals surface area (Å²) in [5, 5.41) is 13.9. The summed E-state index contributed by atoms with van der Waals surface area (Å²) in [6.07, 6.45) is 0.529. The van der Waals surface area contributed by atoms with Gasteiger partial charge in [0.2, 0.25) is 5.91 Å². The number of carboxylic acid groups (broad SMARTS) is 1. The van der Waals surface area contributed by atoms with Crippen molar-refractivity contribution < 1.29 is 19.1 Å². The molecule has 1 aliphatic heterocycles. The van der Waals surface area contributed by atoms with Crippen LogP contribution in [0.1, 0.15) is 18.7 Å². The highest BCUT2D eigenvalue weighted by Crippen LogP contribution is 2.38. The summed E-state index contributed by atoms with van der Waals surface area (Å²) < 4.78 is 6.08. The van der Waals surface area contributed by atoms with Gasteiger partial charge in [-0.3, -0.25) is 4.79 Å². The number of carboxylic acids is 1. The molecule has 0 radical (unpaired) electrons. The number of nitrogens with zero attached hydrogens (tertiary/aromatic N) is 3. The summed E-state index contributed by atoms with van der Waals surface area (Å²) in [6.45, 7) is 2.15. The third kappa shape index (κ3) is 4.45. The maximum absolute atomic E-state index is 13.0. The fourth-order valence-corrected chi connectivity index (χ4v) is 5.30. The lowest BCUT2D eigenvalue weighted by atomic mass is 10.0. The summed E-state index contributed by atoms with van der Waals surface area (Å²) in [7, 11) is 0. The number of benzene rings is 3. The molecule has 1 aliphatic rings. The van der Waals surface area contributed by atoms with Crippen LogP contribution in [0.3, 0.4) is 0 Å². The molecule has 3 aromatic carbocycles. The smallest absolute Gasteiger partial charge is 0.326 e. The molecule has 2 N–H and O–H groups in total. The Hall–Kier alpha value is -4.72. The first-order valence-corrected chi connectivity index (χ1v) is 12.6. The minimum atomic E-state index is -0.955. The van der Waals surface area contributed by atoms with Gasteiger partial charge >= 0.3 is 5.97 Å². The molecule has 0 aliphatic carbocycles. The molecule has 3 heterocycles. The highest BCUT2D eigenvalue weighted by Gasteiger charge is 2.40. The van der Waals surface area contributed by atoms with Gasteiger partial charge in [0.1, 0.15) is 23.0 Å². The van der Waals surface area contributed by atoms with Crippen LogP contribution >= 0.6 is 0 Å². The van der Waals surface area contributed by atoms with Crippen molar-refractivity contribution in [2.45, 2.75) is 25.8 Å². The number of nitrogens with one attached hydrogen (secondary N) is 1. The lowest BCUT2D eigenvalue weighted by Crippen LogP contribution is -2.36. The second-order valence-corrected chi connectivity index (χ2v) is 9.68. The maximum atomic E-state index is 13.0. The molecule has 0 saturated carbocycles. The van der Waals surface area contributed by atoms with Gasteiger partial charge in [0, 0.05) is 24.0 Å². The third-order valence-electron chi connectivity index (χ3n) is 6.99. The number of aromatic nitrogens is 2. The van der Waals surface area contributed by atoms with Crippen LogP contribution in [0.2, 0.25) is 0 Å². The summed E-state index contributed by atoms with van der Waals surface area (Å²) >= 11 is 0. The number of amides is 1. The number of aryl methyl sites for hydroxylation is 1. The van der Waals surface area contributed by atoms with E-state index < -0.39 is 12.0 Å². The minimum absolute atomic E-state index is 0.154. The molecule has 8 heteroatoms. The van der Waals surface area contributed by atoms with E-state index in [1.54, 1.807) is 11.8 Å². The molecular formula is C30H26N4O4. The largest absolute Gasteiger partial charge is 0.480 e. The van der Waals surface area contributed by atoms with E-state index in [0.29, 0.717) is 47.0 Å². The Morgan fingerprint density at radius 2 is 1.76 bits per heavy atom. The van der Waals surface area contributed by atoms with Crippen LogP contribution in [0.25, 0.3) is 33.2 Å². The number of carbonyl (C=O) groups is 2. The zero-order valence-corrected chi connectivity index (χ0v) is 20.8. The van der Waals surface area contributed by atoms with Gasteiger partial charge in [-0.2, -0.15) is 0 Å². The average molecular weight is 507 g/mol. The van der Waals surface area contributed by atoms with E-state index in [4.69, 9.17) is 4.42 Å². The van der Waals surface area contributed by atoms with Crippen LogP contribution in [0.5, 0.6) is 0 Å². The predicted molar refractivity (Wildman–Crippen MR) is 146 cm³/mol. The first-order valence-electron chi connectivity index (χ1n) is 12.6. The van der Waals surface area contributed by atoms with Crippen molar-refractivity contribution >= 4 is 45.5 Å². The number of furan rings is 1. The van der Waals surface area contributed by atoms with E-state index in [0.717, 1.165) is 16.5 Å². The summed E-state index contributed by atoms with van der Waals surface area (Å²) in [5.74, 6) is -0.289. The summed E-state index contributed by atoms with van der Waals surface area (Å²) in [4.78, 5) is 36.2. The normalized spacial score (nSPS) is 17.2. The zero-order valence-electron chi connectivity index (χ0n) is 20.8. The van der Waals surface area contributed by atoms with E-state index >= 15 is 0 Å². The Morgan fingerprint density at radius 3 is 2.58 bits per heavy atom. The van der Waals surface area contributed by atoms with Crippen molar-refractivity contribution in [3.63, 3.8) is 0 Å². The van der Waals surface area contributed by atoms with Crippen molar-refractivity contribution in [2.24, 2.45) is 5.92 Å². The summed E-state index contributed by atoms with van der Waals surface area (Å²) in [5.41, 5.74) is 4.57. The molecule has 8 nitrogen and oxygen atoms in total. The molecule has 0 unspecified atom stereocenters. The van der Waals surface area contributed by atoms with E-state index in [2.05, 4.69) is 15.3 Å². The van der Waals surface area contributed by atoms with Crippen molar-refractivity contribution in [1.82, 2.24) is 9.97 Å². The molecule has 1 fully saturated rings. The molecule has 0 spiro atoms. The zero-order chi connectivity index (χ0) is 26.2. The van der Waals surface area contributed by atoms with Crippen molar-refractivity contribution in [3.05, 3.63) is 84.7 Å². The van der Waals surface area contributed by atoms with Gasteiger partial charge in [-0.1, -0.05) is 54.6 Å². The Kier molecular flexibility index (Phi) is 5.99. The van der Waals surface area contributed by atoms with E-state index in [-0.39, 0.29) is 18.2 Å². The average Bonchev–Trinajstić information content (AvgIpc) is 3.51. The number of aliphatic carboxylic acids is 1. The first-order chi connectivity index (χ1) is 18.5. The highest BCUT2D eigenvalue weighted by molar-refractivity contribution is 6.06. The van der Waals surface area contributed by atoms with Crippen molar-refractivity contribution in [1.29, 1.82) is 0 Å².